The van der Waals surface area contributed by atoms with Gasteiger partial charge < -0.3 is 15.8 Å². The van der Waals surface area contributed by atoms with Gasteiger partial charge in [0.15, 0.2) is 4.34 Å². The van der Waals surface area contributed by atoms with Gasteiger partial charge in [-0.05, 0) is 36.5 Å². The number of amides is 1. The number of fused-ring (bicyclic) bond motifs is 3. The fourth-order valence-electron chi connectivity index (χ4n) is 3.35. The summed E-state index contributed by atoms with van der Waals surface area (Å²) in [5.74, 6) is 0.00385. The Morgan fingerprint density at radius 3 is 2.83 bits per heavy atom. The monoisotopic (exact) mass is 460 g/mol. The first kappa shape index (κ1) is 20.8. The van der Waals surface area contributed by atoms with Crippen molar-refractivity contribution in [1.29, 1.82) is 0 Å². The third kappa shape index (κ3) is 4.35. The van der Waals surface area contributed by atoms with Crippen molar-refractivity contribution in [1.82, 2.24) is 10.2 Å². The first-order chi connectivity index (χ1) is 14.6. The van der Waals surface area contributed by atoms with Gasteiger partial charge in [0.25, 0.3) is 0 Å². The number of carbonyl (C=O) groups excluding carboxylic acids is 2. The Labute approximate surface area is 186 Å². The quantitative estimate of drug-likeness (QED) is 0.401. The number of anilines is 2. The minimum absolute atomic E-state index is 0.155. The predicted octanol–water partition coefficient (Wildman–Crippen LogP) is 4.25. The summed E-state index contributed by atoms with van der Waals surface area (Å²) in [6.07, 6.45) is 1.90. The maximum atomic E-state index is 12.7. The van der Waals surface area contributed by atoms with E-state index in [1.165, 1.54) is 40.0 Å². The molecule has 3 aromatic rings. The number of carbonyl (C=O) groups is 2. The van der Waals surface area contributed by atoms with Crippen molar-refractivity contribution in [3.8, 4) is 10.4 Å². The third-order valence-corrected chi connectivity index (χ3v) is 7.69. The maximum absolute atomic E-state index is 12.7. The summed E-state index contributed by atoms with van der Waals surface area (Å²) in [6, 6.07) is 8.19. The minimum atomic E-state index is -0.386. The fourth-order valence-corrected chi connectivity index (χ4v) is 6.31. The van der Waals surface area contributed by atoms with Gasteiger partial charge in [-0.2, -0.15) is 0 Å². The molecule has 7 nitrogen and oxygen atoms in total. The number of ether oxygens (including phenoxy) is 1. The van der Waals surface area contributed by atoms with Crippen LogP contribution in [0, 0.1) is 0 Å². The lowest BCUT2D eigenvalue weighted by Crippen LogP contribution is -2.16. The number of nitrogens with one attached hydrogen (secondary N) is 1. The van der Waals surface area contributed by atoms with E-state index < -0.39 is 0 Å². The van der Waals surface area contributed by atoms with E-state index in [0.29, 0.717) is 21.4 Å². The Kier molecular flexibility index (Phi) is 6.35. The molecule has 3 N–H and O–H groups in total. The highest BCUT2D eigenvalue weighted by Crippen LogP contribution is 2.45. The lowest BCUT2D eigenvalue weighted by molar-refractivity contribution is -0.115. The Bertz CT molecular complexity index is 1090. The van der Waals surface area contributed by atoms with Gasteiger partial charge in [-0.3, -0.25) is 4.79 Å². The highest BCUT2D eigenvalue weighted by molar-refractivity contribution is 8.01. The van der Waals surface area contributed by atoms with Gasteiger partial charge in [-0.15, -0.1) is 21.5 Å². The summed E-state index contributed by atoms with van der Waals surface area (Å²) in [5.41, 5.74) is 9.41. The zero-order chi connectivity index (χ0) is 21.1. The van der Waals surface area contributed by atoms with Gasteiger partial charge >= 0.3 is 5.97 Å². The number of aryl methyl sites for hydroxylation is 1. The molecule has 0 radical (unpaired) electrons. The van der Waals surface area contributed by atoms with E-state index in [1.807, 2.05) is 12.1 Å². The lowest BCUT2D eigenvalue weighted by Gasteiger charge is -2.16. The van der Waals surface area contributed by atoms with Gasteiger partial charge in [-0.25, -0.2) is 4.79 Å². The predicted molar refractivity (Wildman–Crippen MR) is 121 cm³/mol. The van der Waals surface area contributed by atoms with Gasteiger partial charge in [0.1, 0.15) is 5.00 Å². The lowest BCUT2D eigenvalue weighted by atomic mass is 9.89. The minimum Gasteiger partial charge on any atom is -0.462 e. The average molecular weight is 461 g/mol. The fraction of sp³-hybridized carbons (Fsp3) is 0.300. The molecule has 1 amide bonds. The van der Waals surface area contributed by atoms with E-state index >= 15 is 0 Å². The molecule has 0 aliphatic heterocycles. The highest BCUT2D eigenvalue weighted by atomic mass is 32.2. The Hall–Kier alpha value is -2.43. The summed E-state index contributed by atoms with van der Waals surface area (Å²) in [6.45, 7) is 2.07. The molecule has 0 spiro atoms. The standard InChI is InChI=1S/C20H20N4O3S3/c1-2-27-18(26)15-13-8-7-11-5-3-4-6-12(11)16(13)29-17(15)22-14(25)9-10-28-20-24-23-19(21)30-20/h3-6H,2,7-10H2,1H3,(H2,21,23)(H,22,25). The molecule has 10 heteroatoms. The summed E-state index contributed by atoms with van der Waals surface area (Å²) in [4.78, 5) is 26.3. The van der Waals surface area contributed by atoms with E-state index in [-0.39, 0.29) is 24.9 Å². The summed E-state index contributed by atoms with van der Waals surface area (Å²) in [5, 5.41) is 11.6. The largest absolute Gasteiger partial charge is 0.462 e. The molecular weight excluding hydrogens is 440 g/mol. The molecule has 0 saturated carbocycles. The molecule has 0 fully saturated rings. The third-order valence-electron chi connectivity index (χ3n) is 4.62. The van der Waals surface area contributed by atoms with E-state index in [4.69, 9.17) is 10.5 Å². The molecule has 2 aromatic heterocycles. The van der Waals surface area contributed by atoms with Crippen LogP contribution < -0.4 is 11.1 Å². The van der Waals surface area contributed by atoms with Crippen LogP contribution in [0.25, 0.3) is 10.4 Å². The van der Waals surface area contributed by atoms with Crippen LogP contribution in [0.5, 0.6) is 0 Å². The number of esters is 1. The van der Waals surface area contributed by atoms with Crippen LogP contribution in [0.1, 0.15) is 34.8 Å². The van der Waals surface area contributed by atoms with Gasteiger partial charge in [0.05, 0.1) is 12.2 Å². The first-order valence-corrected chi connectivity index (χ1v) is 12.1. The molecule has 2 heterocycles. The first-order valence-electron chi connectivity index (χ1n) is 9.49. The molecular formula is C20H20N4O3S3. The Morgan fingerprint density at radius 2 is 2.07 bits per heavy atom. The SMILES string of the molecule is CCOC(=O)c1c(NC(=O)CCSc2nnc(N)s2)sc2c1CCc1ccccc1-2. The van der Waals surface area contributed by atoms with Crippen LogP contribution in [0.2, 0.25) is 0 Å². The van der Waals surface area contributed by atoms with Crippen LogP contribution in [0.15, 0.2) is 28.6 Å². The number of thiophene rings is 1. The smallest absolute Gasteiger partial charge is 0.341 e. The number of hydrogen-bond donors (Lipinski definition) is 2. The van der Waals surface area contributed by atoms with Crippen LogP contribution in [0.4, 0.5) is 10.1 Å². The second-order valence-electron chi connectivity index (χ2n) is 6.54. The van der Waals surface area contributed by atoms with Gasteiger partial charge in [0.2, 0.25) is 11.0 Å². The van der Waals surface area contributed by atoms with E-state index in [9.17, 15) is 9.59 Å². The Balaban J connectivity index is 1.54. The van der Waals surface area contributed by atoms with Crippen molar-refractivity contribution in [2.24, 2.45) is 0 Å². The number of hydrogen-bond acceptors (Lipinski definition) is 9. The molecule has 0 bridgehead atoms. The summed E-state index contributed by atoms with van der Waals surface area (Å²) < 4.78 is 6.02. The van der Waals surface area contributed by atoms with E-state index in [1.54, 1.807) is 6.92 Å². The van der Waals surface area contributed by atoms with Crippen LogP contribution in [-0.4, -0.2) is 34.4 Å². The molecule has 30 heavy (non-hydrogen) atoms. The maximum Gasteiger partial charge on any atom is 0.341 e. The Morgan fingerprint density at radius 1 is 1.23 bits per heavy atom. The molecule has 4 rings (SSSR count). The topological polar surface area (TPSA) is 107 Å². The van der Waals surface area contributed by atoms with Gasteiger partial charge in [0, 0.05) is 17.1 Å². The van der Waals surface area contributed by atoms with Crippen molar-refractivity contribution in [3.05, 3.63) is 41.0 Å². The van der Waals surface area contributed by atoms with Crippen LogP contribution in [0.3, 0.4) is 0 Å². The second kappa shape index (κ2) is 9.15. The van der Waals surface area contributed by atoms with Crippen LogP contribution >= 0.6 is 34.4 Å². The number of nitrogens with two attached hydrogens (primary N) is 1. The van der Waals surface area contributed by atoms with E-state index in [0.717, 1.165) is 33.2 Å². The normalized spacial score (nSPS) is 12.2. The second-order valence-corrected chi connectivity index (χ2v) is 9.92. The zero-order valence-electron chi connectivity index (χ0n) is 16.3. The number of nitrogens with zero attached hydrogens (tertiary/aromatic N) is 2. The molecule has 1 aliphatic rings. The number of nitrogen functional groups attached to an aromatic ring is 1. The number of benzene rings is 1. The number of aromatic nitrogens is 2. The average Bonchev–Trinajstić information content (AvgIpc) is 3.31. The highest BCUT2D eigenvalue weighted by Gasteiger charge is 2.29. The summed E-state index contributed by atoms with van der Waals surface area (Å²) >= 11 is 4.17. The van der Waals surface area contributed by atoms with Gasteiger partial charge in [-0.1, -0.05) is 47.4 Å². The molecule has 0 unspecified atom stereocenters. The van der Waals surface area contributed by atoms with Crippen molar-refractivity contribution < 1.29 is 14.3 Å². The molecule has 1 aliphatic carbocycles. The molecule has 1 aromatic carbocycles. The zero-order valence-corrected chi connectivity index (χ0v) is 18.7. The summed E-state index contributed by atoms with van der Waals surface area (Å²) in [7, 11) is 0. The number of thioether (sulfide) groups is 1. The van der Waals surface area contributed by atoms with Crippen LogP contribution in [-0.2, 0) is 22.4 Å². The molecule has 156 valence electrons. The van der Waals surface area contributed by atoms with Crippen molar-refractivity contribution in [2.75, 3.05) is 23.4 Å². The van der Waals surface area contributed by atoms with Crippen molar-refractivity contribution in [3.63, 3.8) is 0 Å². The molecule has 0 atom stereocenters. The molecule has 0 saturated heterocycles. The number of rotatable bonds is 7. The van der Waals surface area contributed by atoms with E-state index in [2.05, 4.69) is 27.6 Å². The van der Waals surface area contributed by atoms with Crippen molar-refractivity contribution >= 4 is 56.4 Å². The van der Waals surface area contributed by atoms with Crippen molar-refractivity contribution in [2.45, 2.75) is 30.5 Å².